The van der Waals surface area contributed by atoms with E-state index >= 15 is 0 Å². The van der Waals surface area contributed by atoms with Crippen LogP contribution in [0, 0.1) is 0 Å². The van der Waals surface area contributed by atoms with Crippen LogP contribution in [0.15, 0.2) is 41.3 Å². The van der Waals surface area contributed by atoms with Gasteiger partial charge in [0, 0.05) is 17.4 Å². The smallest absolute Gasteiger partial charge is 0.261 e. The number of hydrogen-bond donors (Lipinski definition) is 3. The van der Waals surface area contributed by atoms with Crippen molar-refractivity contribution in [3.8, 4) is 11.1 Å². The van der Waals surface area contributed by atoms with E-state index in [1.165, 1.54) is 6.20 Å². The zero-order chi connectivity index (χ0) is 12.4. The lowest BCUT2D eigenvalue weighted by molar-refractivity contribution is 0.0999. The molecule has 1 amide bonds. The van der Waals surface area contributed by atoms with Crippen LogP contribution < -0.4 is 17.0 Å². The maximum atomic E-state index is 11.5. The quantitative estimate of drug-likeness (QED) is 0.661. The molecule has 2 rings (SSSR count). The maximum Gasteiger partial charge on any atom is 0.261 e. The molecule has 0 atom stereocenters. The van der Waals surface area contributed by atoms with Gasteiger partial charge >= 0.3 is 0 Å². The van der Waals surface area contributed by atoms with Gasteiger partial charge in [0.25, 0.3) is 11.5 Å². The average molecular weight is 229 g/mol. The van der Waals surface area contributed by atoms with Crippen molar-refractivity contribution in [2.45, 2.75) is 0 Å². The molecule has 0 bridgehead atoms. The summed E-state index contributed by atoms with van der Waals surface area (Å²) in [4.78, 5) is 25.2. The molecule has 5 nitrogen and oxygen atoms in total. The molecule has 0 aliphatic rings. The fourth-order valence-corrected chi connectivity index (χ4v) is 1.63. The number of anilines is 1. The van der Waals surface area contributed by atoms with Gasteiger partial charge in [0.05, 0.1) is 0 Å². The number of benzene rings is 1. The summed E-state index contributed by atoms with van der Waals surface area (Å²) in [6.45, 7) is 0. The van der Waals surface area contributed by atoms with Gasteiger partial charge in [0.15, 0.2) is 0 Å². The second-order valence-electron chi connectivity index (χ2n) is 3.58. The number of carbonyl (C=O) groups is 1. The van der Waals surface area contributed by atoms with E-state index in [2.05, 4.69) is 4.98 Å². The molecule has 86 valence electrons. The normalized spacial score (nSPS) is 10.1. The van der Waals surface area contributed by atoms with Crippen molar-refractivity contribution in [1.82, 2.24) is 4.98 Å². The van der Waals surface area contributed by atoms with Gasteiger partial charge in [0.2, 0.25) is 0 Å². The van der Waals surface area contributed by atoms with Gasteiger partial charge in [0.1, 0.15) is 5.56 Å². The van der Waals surface area contributed by atoms with Crippen LogP contribution in [-0.4, -0.2) is 10.9 Å². The van der Waals surface area contributed by atoms with Gasteiger partial charge in [-0.05, 0) is 23.8 Å². The van der Waals surface area contributed by atoms with Gasteiger partial charge in [-0.3, -0.25) is 9.59 Å². The predicted molar refractivity (Wildman–Crippen MR) is 65.4 cm³/mol. The molecule has 17 heavy (non-hydrogen) atoms. The van der Waals surface area contributed by atoms with E-state index in [1.54, 1.807) is 30.3 Å². The number of hydrogen-bond acceptors (Lipinski definition) is 3. The molecule has 0 spiro atoms. The van der Waals surface area contributed by atoms with Crippen molar-refractivity contribution in [2.75, 3.05) is 5.73 Å². The molecule has 5 N–H and O–H groups in total. The maximum absolute atomic E-state index is 11.5. The molecule has 0 aliphatic carbocycles. The fraction of sp³-hybridized carbons (Fsp3) is 0. The lowest BCUT2D eigenvalue weighted by Gasteiger charge is -2.05. The molecule has 0 fully saturated rings. The van der Waals surface area contributed by atoms with Crippen LogP contribution in [0.5, 0.6) is 0 Å². The van der Waals surface area contributed by atoms with Crippen molar-refractivity contribution < 1.29 is 4.79 Å². The minimum atomic E-state index is -0.751. The van der Waals surface area contributed by atoms with E-state index in [4.69, 9.17) is 11.5 Å². The molecule has 1 heterocycles. The van der Waals surface area contributed by atoms with Crippen LogP contribution in [0.2, 0.25) is 0 Å². The first-order chi connectivity index (χ1) is 8.09. The summed E-state index contributed by atoms with van der Waals surface area (Å²) in [5.41, 5.74) is 12.1. The summed E-state index contributed by atoms with van der Waals surface area (Å²) in [6, 6.07) is 8.49. The summed E-state index contributed by atoms with van der Waals surface area (Å²) in [6.07, 6.45) is 1.47. The van der Waals surface area contributed by atoms with E-state index in [-0.39, 0.29) is 5.56 Å². The molecular weight excluding hydrogens is 218 g/mol. The third-order valence-electron chi connectivity index (χ3n) is 2.43. The van der Waals surface area contributed by atoms with Crippen LogP contribution in [0.1, 0.15) is 10.4 Å². The van der Waals surface area contributed by atoms with Gasteiger partial charge in [-0.1, -0.05) is 12.1 Å². The Morgan fingerprint density at radius 1 is 1.12 bits per heavy atom. The Morgan fingerprint density at radius 3 is 2.35 bits per heavy atom. The standard InChI is InChI=1S/C12H11N3O2/c13-8-3-1-7(2-4-8)9-5-6-15-12(17)10(9)11(14)16/h1-6H,13H2,(H2,14,16)(H,15,17). The largest absolute Gasteiger partial charge is 0.399 e. The van der Waals surface area contributed by atoms with Crippen molar-refractivity contribution in [3.63, 3.8) is 0 Å². The second-order valence-corrected chi connectivity index (χ2v) is 3.58. The monoisotopic (exact) mass is 229 g/mol. The van der Waals surface area contributed by atoms with Crippen molar-refractivity contribution in [1.29, 1.82) is 0 Å². The Balaban J connectivity index is 2.67. The first-order valence-corrected chi connectivity index (χ1v) is 4.97. The lowest BCUT2D eigenvalue weighted by atomic mass is 10.0. The van der Waals surface area contributed by atoms with Crippen LogP contribution in [0.25, 0.3) is 11.1 Å². The number of aromatic nitrogens is 1. The van der Waals surface area contributed by atoms with E-state index in [1.807, 2.05) is 0 Å². The number of nitrogen functional groups attached to an aromatic ring is 1. The summed E-state index contributed by atoms with van der Waals surface area (Å²) >= 11 is 0. The van der Waals surface area contributed by atoms with E-state index < -0.39 is 11.5 Å². The van der Waals surface area contributed by atoms with Crippen LogP contribution in [0.4, 0.5) is 5.69 Å². The first-order valence-electron chi connectivity index (χ1n) is 4.97. The summed E-state index contributed by atoms with van der Waals surface area (Å²) in [7, 11) is 0. The van der Waals surface area contributed by atoms with E-state index in [0.29, 0.717) is 11.3 Å². The number of rotatable bonds is 2. The number of carbonyl (C=O) groups excluding carboxylic acids is 1. The Bertz CT molecular complexity index is 614. The third-order valence-corrected chi connectivity index (χ3v) is 2.43. The highest BCUT2D eigenvalue weighted by Gasteiger charge is 2.13. The Morgan fingerprint density at radius 2 is 1.76 bits per heavy atom. The van der Waals surface area contributed by atoms with Crippen molar-refractivity contribution in [3.05, 3.63) is 52.4 Å². The molecule has 0 aliphatic heterocycles. The number of aromatic amines is 1. The molecule has 0 unspecified atom stereocenters. The lowest BCUT2D eigenvalue weighted by Crippen LogP contribution is -2.24. The summed E-state index contributed by atoms with van der Waals surface area (Å²) in [5.74, 6) is -0.751. The summed E-state index contributed by atoms with van der Waals surface area (Å²) in [5, 5.41) is 0. The van der Waals surface area contributed by atoms with Crippen molar-refractivity contribution in [2.24, 2.45) is 5.73 Å². The first kappa shape index (κ1) is 10.9. The van der Waals surface area contributed by atoms with Crippen LogP contribution in [-0.2, 0) is 0 Å². The molecule has 1 aromatic heterocycles. The minimum Gasteiger partial charge on any atom is -0.399 e. The van der Waals surface area contributed by atoms with Crippen LogP contribution >= 0.6 is 0 Å². The van der Waals surface area contributed by atoms with Crippen molar-refractivity contribution >= 4 is 11.6 Å². The molecule has 2 aromatic rings. The number of primary amides is 1. The highest BCUT2D eigenvalue weighted by molar-refractivity contribution is 5.99. The second kappa shape index (κ2) is 4.13. The Kier molecular flexibility index (Phi) is 2.66. The zero-order valence-electron chi connectivity index (χ0n) is 8.94. The molecule has 1 aromatic carbocycles. The summed E-state index contributed by atoms with van der Waals surface area (Å²) < 4.78 is 0. The number of pyridine rings is 1. The van der Waals surface area contributed by atoms with Gasteiger partial charge in [-0.25, -0.2) is 0 Å². The number of amides is 1. The Hall–Kier alpha value is -2.56. The average Bonchev–Trinajstić information content (AvgIpc) is 2.29. The molecule has 0 saturated carbocycles. The van der Waals surface area contributed by atoms with E-state index in [0.717, 1.165) is 5.56 Å². The zero-order valence-corrected chi connectivity index (χ0v) is 8.94. The highest BCUT2D eigenvalue weighted by Crippen LogP contribution is 2.21. The molecular formula is C12H11N3O2. The third kappa shape index (κ3) is 2.03. The molecule has 0 saturated heterocycles. The number of H-pyrrole nitrogens is 1. The fourth-order valence-electron chi connectivity index (χ4n) is 1.63. The van der Waals surface area contributed by atoms with Crippen LogP contribution in [0.3, 0.4) is 0 Å². The Labute approximate surface area is 97.1 Å². The van der Waals surface area contributed by atoms with E-state index in [9.17, 15) is 9.59 Å². The minimum absolute atomic E-state index is 0.0442. The SMILES string of the molecule is NC(=O)c1c(-c2ccc(N)cc2)cc[nH]c1=O. The van der Waals surface area contributed by atoms with Gasteiger partial charge in [-0.2, -0.15) is 0 Å². The number of nitrogens with two attached hydrogens (primary N) is 2. The highest BCUT2D eigenvalue weighted by atomic mass is 16.2. The number of nitrogens with one attached hydrogen (secondary N) is 1. The predicted octanol–water partition coefficient (Wildman–Crippen LogP) is 0.723. The topological polar surface area (TPSA) is 102 Å². The van der Waals surface area contributed by atoms with Gasteiger partial charge < -0.3 is 16.5 Å². The molecule has 5 heteroatoms. The molecule has 0 radical (unpaired) electrons. The van der Waals surface area contributed by atoms with Gasteiger partial charge in [-0.15, -0.1) is 0 Å².